The zero-order chi connectivity index (χ0) is 17.8. The van der Waals surface area contributed by atoms with Gasteiger partial charge in [0.25, 0.3) is 5.91 Å². The molecule has 2 aromatic rings. The van der Waals surface area contributed by atoms with Gasteiger partial charge >= 0.3 is 0 Å². The van der Waals surface area contributed by atoms with Gasteiger partial charge in [-0.1, -0.05) is 42.5 Å². The Labute approximate surface area is 152 Å². The highest BCUT2D eigenvalue weighted by atomic mass is 32.2. The Morgan fingerprint density at radius 1 is 1.12 bits per heavy atom. The molecule has 3 rings (SSSR count). The van der Waals surface area contributed by atoms with E-state index >= 15 is 0 Å². The zero-order valence-corrected chi connectivity index (χ0v) is 15.3. The minimum absolute atomic E-state index is 0.0886. The van der Waals surface area contributed by atoms with Gasteiger partial charge in [0.15, 0.2) is 0 Å². The predicted octanol–water partition coefficient (Wildman–Crippen LogP) is 3.39. The normalized spacial score (nSPS) is 18.0. The van der Waals surface area contributed by atoms with Gasteiger partial charge in [0.2, 0.25) is 5.91 Å². The van der Waals surface area contributed by atoms with Crippen molar-refractivity contribution in [2.24, 2.45) is 0 Å². The Kier molecular flexibility index (Phi) is 5.43. The number of nitrogens with zero attached hydrogens (tertiary/aromatic N) is 1. The fourth-order valence-electron chi connectivity index (χ4n) is 3.07. The van der Waals surface area contributed by atoms with Crippen molar-refractivity contribution in [2.45, 2.75) is 25.9 Å². The summed E-state index contributed by atoms with van der Waals surface area (Å²) >= 11 is 1.61. The molecule has 2 atom stereocenters. The molecule has 25 heavy (non-hydrogen) atoms. The summed E-state index contributed by atoms with van der Waals surface area (Å²) in [5.74, 6) is 0.995. The number of amides is 2. The Hall–Kier alpha value is -2.27. The quantitative estimate of drug-likeness (QED) is 0.916. The van der Waals surface area contributed by atoms with Gasteiger partial charge in [0.1, 0.15) is 6.04 Å². The number of carbonyl (C=O) groups is 2. The molecule has 1 heterocycles. The summed E-state index contributed by atoms with van der Waals surface area (Å²) in [5, 5.41) is 3.07. The van der Waals surface area contributed by atoms with E-state index in [0.717, 1.165) is 11.1 Å². The number of thioether (sulfide) groups is 1. The smallest absolute Gasteiger partial charge is 0.255 e. The predicted molar refractivity (Wildman–Crippen MR) is 101 cm³/mol. The molecule has 1 aliphatic heterocycles. The number of rotatable bonds is 4. The first-order valence-corrected chi connectivity index (χ1v) is 9.53. The van der Waals surface area contributed by atoms with Gasteiger partial charge in [-0.2, -0.15) is 0 Å². The van der Waals surface area contributed by atoms with E-state index in [9.17, 15) is 9.59 Å². The molecule has 2 unspecified atom stereocenters. The SMILES string of the molecule is Cc1ccccc1C(C)NC(=O)C1CSCN1C(=O)c1ccccc1. The number of carbonyl (C=O) groups excluding carboxylic acids is 2. The third-order valence-electron chi connectivity index (χ3n) is 4.48. The molecule has 0 spiro atoms. The largest absolute Gasteiger partial charge is 0.348 e. The van der Waals surface area contributed by atoms with Crippen LogP contribution in [0, 0.1) is 6.92 Å². The minimum atomic E-state index is -0.427. The fourth-order valence-corrected chi connectivity index (χ4v) is 4.22. The van der Waals surface area contributed by atoms with Gasteiger partial charge in [0.05, 0.1) is 11.9 Å². The molecular formula is C20H22N2O2S. The molecule has 0 aliphatic carbocycles. The average molecular weight is 354 g/mol. The topological polar surface area (TPSA) is 49.4 Å². The lowest BCUT2D eigenvalue weighted by Crippen LogP contribution is -2.47. The van der Waals surface area contributed by atoms with E-state index < -0.39 is 6.04 Å². The van der Waals surface area contributed by atoms with Crippen LogP contribution in [0.15, 0.2) is 54.6 Å². The van der Waals surface area contributed by atoms with E-state index in [1.165, 1.54) is 0 Å². The molecule has 0 aromatic heterocycles. The molecule has 130 valence electrons. The van der Waals surface area contributed by atoms with E-state index in [2.05, 4.69) is 5.32 Å². The maximum Gasteiger partial charge on any atom is 0.255 e. The van der Waals surface area contributed by atoms with Gasteiger partial charge in [-0.05, 0) is 37.1 Å². The van der Waals surface area contributed by atoms with Crippen molar-refractivity contribution < 1.29 is 9.59 Å². The van der Waals surface area contributed by atoms with Crippen LogP contribution in [-0.2, 0) is 4.79 Å². The van der Waals surface area contributed by atoms with Crippen LogP contribution in [0.3, 0.4) is 0 Å². The molecule has 2 amide bonds. The van der Waals surface area contributed by atoms with Crippen LogP contribution in [0.25, 0.3) is 0 Å². The third-order valence-corrected chi connectivity index (χ3v) is 5.49. The van der Waals surface area contributed by atoms with Gasteiger partial charge in [-0.3, -0.25) is 9.59 Å². The molecule has 1 fully saturated rings. The highest BCUT2D eigenvalue weighted by Gasteiger charge is 2.35. The summed E-state index contributed by atoms with van der Waals surface area (Å²) in [6.45, 7) is 4.01. The van der Waals surface area contributed by atoms with Crippen molar-refractivity contribution in [3.63, 3.8) is 0 Å². The lowest BCUT2D eigenvalue weighted by molar-refractivity contribution is -0.125. The van der Waals surface area contributed by atoms with E-state index in [-0.39, 0.29) is 17.9 Å². The standard InChI is InChI=1S/C20H22N2O2S/c1-14-8-6-7-11-17(14)15(2)21-19(23)18-12-25-13-22(18)20(24)16-9-4-3-5-10-16/h3-11,15,18H,12-13H2,1-2H3,(H,21,23). The monoisotopic (exact) mass is 354 g/mol. The number of nitrogens with one attached hydrogen (secondary N) is 1. The van der Waals surface area contributed by atoms with Gasteiger partial charge in [0, 0.05) is 11.3 Å². The van der Waals surface area contributed by atoms with E-state index in [1.807, 2.05) is 56.3 Å². The van der Waals surface area contributed by atoms with Gasteiger partial charge in [-0.25, -0.2) is 0 Å². The first kappa shape index (κ1) is 17.5. The lowest BCUT2D eigenvalue weighted by Gasteiger charge is -2.25. The van der Waals surface area contributed by atoms with Gasteiger partial charge in [-0.15, -0.1) is 11.8 Å². The van der Waals surface area contributed by atoms with Crippen molar-refractivity contribution in [2.75, 3.05) is 11.6 Å². The summed E-state index contributed by atoms with van der Waals surface area (Å²) in [4.78, 5) is 27.1. The highest BCUT2D eigenvalue weighted by molar-refractivity contribution is 7.99. The average Bonchev–Trinajstić information content (AvgIpc) is 3.12. The van der Waals surface area contributed by atoms with E-state index in [0.29, 0.717) is 17.2 Å². The fraction of sp³-hybridized carbons (Fsp3) is 0.300. The van der Waals surface area contributed by atoms with Crippen molar-refractivity contribution in [1.82, 2.24) is 10.2 Å². The number of benzene rings is 2. The summed E-state index contributed by atoms with van der Waals surface area (Å²) in [6.07, 6.45) is 0. The molecule has 0 saturated carbocycles. The van der Waals surface area contributed by atoms with Crippen molar-refractivity contribution in [3.8, 4) is 0 Å². The highest BCUT2D eigenvalue weighted by Crippen LogP contribution is 2.24. The summed E-state index contributed by atoms with van der Waals surface area (Å²) in [6, 6.07) is 16.6. The van der Waals surface area contributed by atoms with Gasteiger partial charge < -0.3 is 10.2 Å². The molecule has 1 N–H and O–H groups in total. The molecular weight excluding hydrogens is 332 g/mol. The number of aryl methyl sites for hydroxylation is 1. The lowest BCUT2D eigenvalue weighted by atomic mass is 10.0. The van der Waals surface area contributed by atoms with Crippen LogP contribution >= 0.6 is 11.8 Å². The molecule has 5 heteroatoms. The summed E-state index contributed by atoms with van der Waals surface area (Å²) in [5.41, 5.74) is 2.87. The van der Waals surface area contributed by atoms with Crippen LogP contribution in [0.2, 0.25) is 0 Å². The Bertz CT molecular complexity index is 763. The van der Waals surface area contributed by atoms with Crippen LogP contribution in [0.4, 0.5) is 0 Å². The Morgan fingerprint density at radius 2 is 1.80 bits per heavy atom. The Balaban J connectivity index is 1.71. The molecule has 4 nitrogen and oxygen atoms in total. The minimum Gasteiger partial charge on any atom is -0.348 e. The second-order valence-corrected chi connectivity index (χ2v) is 7.24. The first-order valence-electron chi connectivity index (χ1n) is 8.37. The molecule has 0 bridgehead atoms. The molecule has 1 aliphatic rings. The molecule has 0 radical (unpaired) electrons. The summed E-state index contributed by atoms with van der Waals surface area (Å²) < 4.78 is 0. The first-order chi connectivity index (χ1) is 12.1. The second kappa shape index (κ2) is 7.74. The Morgan fingerprint density at radius 3 is 2.52 bits per heavy atom. The van der Waals surface area contributed by atoms with Crippen LogP contribution in [0.1, 0.15) is 34.5 Å². The summed E-state index contributed by atoms with van der Waals surface area (Å²) in [7, 11) is 0. The number of hydrogen-bond donors (Lipinski definition) is 1. The maximum atomic E-state index is 12.8. The third kappa shape index (κ3) is 3.87. The second-order valence-electron chi connectivity index (χ2n) is 6.24. The van der Waals surface area contributed by atoms with Crippen LogP contribution in [0.5, 0.6) is 0 Å². The van der Waals surface area contributed by atoms with Crippen LogP contribution in [-0.4, -0.2) is 34.4 Å². The van der Waals surface area contributed by atoms with Crippen molar-refractivity contribution in [3.05, 3.63) is 71.3 Å². The van der Waals surface area contributed by atoms with Crippen molar-refractivity contribution in [1.29, 1.82) is 0 Å². The number of hydrogen-bond acceptors (Lipinski definition) is 3. The molecule has 2 aromatic carbocycles. The maximum absolute atomic E-state index is 12.8. The van der Waals surface area contributed by atoms with E-state index in [1.54, 1.807) is 28.8 Å². The molecule has 1 saturated heterocycles. The van der Waals surface area contributed by atoms with Crippen LogP contribution < -0.4 is 5.32 Å². The zero-order valence-electron chi connectivity index (χ0n) is 14.4. The van der Waals surface area contributed by atoms with E-state index in [4.69, 9.17) is 0 Å². The van der Waals surface area contributed by atoms with Crippen molar-refractivity contribution >= 4 is 23.6 Å².